The molecule has 0 N–H and O–H groups in total. The maximum Gasteiger partial charge on any atom is 0.305 e. The number of carbonyl (C=O) groups excluding carboxylic acids is 2. The van der Waals surface area contributed by atoms with E-state index in [-0.39, 0.29) is 11.9 Å². The van der Waals surface area contributed by atoms with Crippen molar-refractivity contribution < 1.29 is 14.3 Å². The van der Waals surface area contributed by atoms with Crippen LogP contribution in [0.15, 0.2) is 24.3 Å². The Kier molecular flexibility index (Phi) is 9.52. The third-order valence-corrected chi connectivity index (χ3v) is 4.33. The van der Waals surface area contributed by atoms with E-state index in [1.54, 1.807) is 6.08 Å². The molecule has 0 fully saturated rings. The molecule has 1 aliphatic carbocycles. The van der Waals surface area contributed by atoms with Gasteiger partial charge in [0.25, 0.3) is 0 Å². The number of carbonyl (C=O) groups is 2. The molecule has 22 heavy (non-hydrogen) atoms. The molecule has 2 unspecified atom stereocenters. The summed E-state index contributed by atoms with van der Waals surface area (Å²) in [4.78, 5) is 22.9. The summed E-state index contributed by atoms with van der Waals surface area (Å²) < 4.78 is 4.62. The number of esters is 1. The van der Waals surface area contributed by atoms with Crippen molar-refractivity contribution in [2.75, 3.05) is 7.11 Å². The van der Waals surface area contributed by atoms with Crippen LogP contribution in [0.3, 0.4) is 0 Å². The molecule has 0 radical (unpaired) electrons. The fraction of sp³-hybridized carbons (Fsp3) is 0.684. The van der Waals surface area contributed by atoms with Crippen molar-refractivity contribution in [3.05, 3.63) is 24.3 Å². The minimum absolute atomic E-state index is 0.113. The second-order valence-corrected chi connectivity index (χ2v) is 6.03. The molecule has 0 heterocycles. The quantitative estimate of drug-likeness (QED) is 0.318. The minimum Gasteiger partial charge on any atom is -0.469 e. The zero-order valence-electron chi connectivity index (χ0n) is 14.1. The van der Waals surface area contributed by atoms with Crippen molar-refractivity contribution in [3.8, 4) is 0 Å². The summed E-state index contributed by atoms with van der Waals surface area (Å²) in [5.74, 6) is 0.771. The molecule has 0 amide bonds. The van der Waals surface area contributed by atoms with E-state index in [4.69, 9.17) is 0 Å². The molecule has 1 aliphatic rings. The third kappa shape index (κ3) is 7.06. The van der Waals surface area contributed by atoms with E-state index in [0.717, 1.165) is 44.9 Å². The van der Waals surface area contributed by atoms with Crippen molar-refractivity contribution in [3.63, 3.8) is 0 Å². The number of hydrogen-bond donors (Lipinski definition) is 0. The highest BCUT2D eigenvalue weighted by atomic mass is 16.5. The molecule has 0 aliphatic heterocycles. The zero-order valence-corrected chi connectivity index (χ0v) is 14.1. The topological polar surface area (TPSA) is 43.4 Å². The lowest BCUT2D eigenvalue weighted by atomic mass is 9.87. The summed E-state index contributed by atoms with van der Waals surface area (Å²) in [5, 5.41) is 0. The fourth-order valence-corrected chi connectivity index (χ4v) is 2.97. The summed E-state index contributed by atoms with van der Waals surface area (Å²) in [6.45, 7) is 2.11. The van der Waals surface area contributed by atoms with Gasteiger partial charge in [0.15, 0.2) is 5.78 Å². The van der Waals surface area contributed by atoms with Gasteiger partial charge in [-0.1, -0.05) is 50.8 Å². The van der Waals surface area contributed by atoms with Gasteiger partial charge in [-0.2, -0.15) is 0 Å². The first kappa shape index (κ1) is 18.7. The van der Waals surface area contributed by atoms with Crippen molar-refractivity contribution in [1.82, 2.24) is 0 Å². The van der Waals surface area contributed by atoms with E-state index in [1.807, 2.05) is 0 Å². The van der Waals surface area contributed by atoms with Crippen LogP contribution in [0.4, 0.5) is 0 Å². The number of ketones is 1. The molecular formula is C19H30O3. The predicted octanol–water partition coefficient (Wildman–Crippen LogP) is 4.62. The summed E-state index contributed by atoms with van der Waals surface area (Å²) in [6, 6.07) is 0. The van der Waals surface area contributed by atoms with Gasteiger partial charge in [0.2, 0.25) is 0 Å². The van der Waals surface area contributed by atoms with Crippen molar-refractivity contribution in [1.29, 1.82) is 0 Å². The summed E-state index contributed by atoms with van der Waals surface area (Å²) in [5.41, 5.74) is 0. The molecule has 3 heteroatoms. The Balaban J connectivity index is 2.12. The Labute approximate surface area is 134 Å². The summed E-state index contributed by atoms with van der Waals surface area (Å²) >= 11 is 0. The van der Waals surface area contributed by atoms with Crippen LogP contribution in [0.5, 0.6) is 0 Å². The normalized spacial score (nSPS) is 20.9. The van der Waals surface area contributed by atoms with Gasteiger partial charge in [-0.05, 0) is 37.7 Å². The molecule has 2 atom stereocenters. The SMILES string of the molecule is CCC=CCC1C(=O)C=CC1CCCCCCCC(=O)OC. The lowest BCUT2D eigenvalue weighted by Gasteiger charge is -2.16. The lowest BCUT2D eigenvalue weighted by molar-refractivity contribution is -0.140. The number of ether oxygens (including phenoxy) is 1. The number of hydrogen-bond acceptors (Lipinski definition) is 3. The zero-order chi connectivity index (χ0) is 16.2. The first-order chi connectivity index (χ1) is 10.7. The number of rotatable bonds is 11. The Bertz CT molecular complexity index is 395. The maximum atomic E-state index is 11.9. The van der Waals surface area contributed by atoms with E-state index in [0.29, 0.717) is 18.1 Å². The maximum absolute atomic E-state index is 11.9. The van der Waals surface area contributed by atoms with E-state index >= 15 is 0 Å². The van der Waals surface area contributed by atoms with Gasteiger partial charge < -0.3 is 4.74 Å². The van der Waals surface area contributed by atoms with E-state index in [1.165, 1.54) is 13.5 Å². The van der Waals surface area contributed by atoms with Crippen LogP contribution in [-0.2, 0) is 14.3 Å². The van der Waals surface area contributed by atoms with E-state index in [9.17, 15) is 9.59 Å². The Morgan fingerprint density at radius 1 is 1.18 bits per heavy atom. The van der Waals surface area contributed by atoms with Gasteiger partial charge in [-0.15, -0.1) is 0 Å². The Morgan fingerprint density at radius 3 is 2.64 bits per heavy atom. The molecule has 0 spiro atoms. The molecule has 0 aromatic carbocycles. The van der Waals surface area contributed by atoms with Gasteiger partial charge in [-0.25, -0.2) is 0 Å². The highest BCUT2D eigenvalue weighted by Crippen LogP contribution is 2.30. The predicted molar refractivity (Wildman–Crippen MR) is 89.5 cm³/mol. The summed E-state index contributed by atoms with van der Waals surface area (Å²) in [7, 11) is 1.44. The second-order valence-electron chi connectivity index (χ2n) is 6.03. The average molecular weight is 306 g/mol. The van der Waals surface area contributed by atoms with Crippen LogP contribution >= 0.6 is 0 Å². The minimum atomic E-state index is -0.113. The van der Waals surface area contributed by atoms with Crippen LogP contribution in [0.1, 0.15) is 64.7 Å². The van der Waals surface area contributed by atoms with Crippen LogP contribution in [0.2, 0.25) is 0 Å². The highest BCUT2D eigenvalue weighted by molar-refractivity contribution is 5.94. The molecule has 1 rings (SSSR count). The second kappa shape index (κ2) is 11.2. The Morgan fingerprint density at radius 2 is 1.91 bits per heavy atom. The molecular weight excluding hydrogens is 276 g/mol. The first-order valence-corrected chi connectivity index (χ1v) is 8.62. The molecule has 0 bridgehead atoms. The third-order valence-electron chi connectivity index (χ3n) is 4.33. The van der Waals surface area contributed by atoms with Crippen molar-refractivity contribution in [2.45, 2.75) is 64.7 Å². The van der Waals surface area contributed by atoms with Gasteiger partial charge in [0.1, 0.15) is 0 Å². The summed E-state index contributed by atoms with van der Waals surface area (Å²) in [6.07, 6.45) is 17.2. The van der Waals surface area contributed by atoms with Crippen LogP contribution in [-0.4, -0.2) is 18.9 Å². The van der Waals surface area contributed by atoms with Crippen LogP contribution in [0, 0.1) is 11.8 Å². The van der Waals surface area contributed by atoms with Gasteiger partial charge >= 0.3 is 5.97 Å². The fourth-order valence-electron chi connectivity index (χ4n) is 2.97. The lowest BCUT2D eigenvalue weighted by Crippen LogP contribution is -2.15. The number of allylic oxidation sites excluding steroid dienone is 4. The number of unbranched alkanes of at least 4 members (excludes halogenated alkanes) is 4. The van der Waals surface area contributed by atoms with Crippen LogP contribution in [0.25, 0.3) is 0 Å². The molecule has 0 aromatic rings. The monoisotopic (exact) mass is 306 g/mol. The van der Waals surface area contributed by atoms with E-state index in [2.05, 4.69) is 29.9 Å². The number of methoxy groups -OCH3 is 1. The van der Waals surface area contributed by atoms with Crippen molar-refractivity contribution >= 4 is 11.8 Å². The molecule has 0 saturated heterocycles. The molecule has 124 valence electrons. The molecule has 3 nitrogen and oxygen atoms in total. The van der Waals surface area contributed by atoms with E-state index < -0.39 is 0 Å². The Hall–Kier alpha value is -1.38. The van der Waals surface area contributed by atoms with Gasteiger partial charge in [0.05, 0.1) is 7.11 Å². The van der Waals surface area contributed by atoms with Gasteiger partial charge in [-0.3, -0.25) is 9.59 Å². The highest BCUT2D eigenvalue weighted by Gasteiger charge is 2.28. The van der Waals surface area contributed by atoms with Crippen molar-refractivity contribution in [2.24, 2.45) is 11.8 Å². The van der Waals surface area contributed by atoms with Crippen LogP contribution < -0.4 is 0 Å². The first-order valence-electron chi connectivity index (χ1n) is 8.62. The molecule has 0 saturated carbocycles. The van der Waals surface area contributed by atoms with Gasteiger partial charge in [0, 0.05) is 12.3 Å². The smallest absolute Gasteiger partial charge is 0.305 e. The average Bonchev–Trinajstić information content (AvgIpc) is 2.87. The largest absolute Gasteiger partial charge is 0.469 e. The standard InChI is InChI=1S/C19H30O3/c1-3-4-8-12-17-16(14-15-18(17)20)11-9-6-5-7-10-13-19(21)22-2/h4,8,14-17H,3,5-7,9-13H2,1-2H3. The molecule has 0 aromatic heterocycles.